The van der Waals surface area contributed by atoms with Gasteiger partial charge in [-0.05, 0) is 105 Å². The van der Waals surface area contributed by atoms with Gasteiger partial charge in [-0.25, -0.2) is 8.78 Å². The molecule has 2 aromatic carbocycles. The zero-order valence-corrected chi connectivity index (χ0v) is 35.5. The number of amides is 2. The van der Waals surface area contributed by atoms with E-state index >= 15 is 0 Å². The van der Waals surface area contributed by atoms with E-state index in [1.54, 1.807) is 24.3 Å². The van der Waals surface area contributed by atoms with Crippen LogP contribution in [0.5, 0.6) is 0 Å². The number of aryl methyl sites for hydroxylation is 2. The van der Waals surface area contributed by atoms with E-state index < -0.39 is 13.1 Å². The standard InChI is InChI=1S/C19H18BrFN2O2.C15H14FN3O.C3H5BrO2.C2H6S.CH3F.CH4/c1-10-14(8-13(24)5-6-20)11(2)22-18(10)9-16-15-7-12(21)3-4-17(15)23-19(16)25;1-7-13(18-8(2)14(7)17)6-11-10-5-9(16)3-4-12(10)19-15(11)20;4-2-1-3(5)6;1-3-2;1-2;/h3-4,7,9,22H,5-6,8H2,1-2H3,(H,23,25);3-6,18H,17H2,1-2H3,(H,19,20);1-2H2,(H,5,6);1-2H3;1H3;1H4/b16-9-;11-6-;;;;/i;;;2*1D;. The first-order chi connectivity index (χ1) is 27.5. The third kappa shape index (κ3) is 13.8. The van der Waals surface area contributed by atoms with Gasteiger partial charge in [0, 0.05) is 70.1 Å². The van der Waals surface area contributed by atoms with E-state index in [1.165, 1.54) is 36.0 Å². The maximum Gasteiger partial charge on any atom is 0.304 e. The van der Waals surface area contributed by atoms with Crippen LogP contribution in [0, 0.1) is 39.3 Å². The second-order valence-electron chi connectivity index (χ2n) is 12.1. The van der Waals surface area contributed by atoms with E-state index in [1.807, 2.05) is 34.0 Å². The van der Waals surface area contributed by atoms with Crippen LogP contribution in [0.3, 0.4) is 0 Å². The number of thioether (sulfide) groups is 1. The summed E-state index contributed by atoms with van der Waals surface area (Å²) in [4.78, 5) is 52.1. The van der Waals surface area contributed by atoms with Gasteiger partial charge in [-0.2, -0.15) is 11.8 Å². The highest BCUT2D eigenvalue weighted by Gasteiger charge is 2.26. The monoisotopic (exact) mass is 941 g/mol. The Morgan fingerprint density at radius 3 is 1.65 bits per heavy atom. The van der Waals surface area contributed by atoms with Crippen molar-refractivity contribution in [1.82, 2.24) is 9.97 Å². The second kappa shape index (κ2) is 24.3. The molecule has 2 aromatic heterocycles. The number of nitrogens with one attached hydrogen (secondary N) is 4. The number of carboxylic acid groups (broad SMARTS) is 1. The van der Waals surface area contributed by atoms with Gasteiger partial charge in [0.25, 0.3) is 11.8 Å². The molecule has 16 heteroatoms. The molecule has 0 atom stereocenters. The molecule has 0 bridgehead atoms. The number of aromatic amines is 2. The number of nitrogens with two attached hydrogens (primary N) is 1. The Kier molecular flexibility index (Phi) is 20.0. The van der Waals surface area contributed by atoms with Crippen molar-refractivity contribution >= 4 is 108 Å². The number of Topliss-reactive ketones (excluding diaryl/α,β-unsaturated/α-hetero) is 1. The molecule has 2 aliphatic rings. The summed E-state index contributed by atoms with van der Waals surface area (Å²) in [6, 6.07) is 8.47. The number of benzene rings is 2. The van der Waals surface area contributed by atoms with E-state index in [0.717, 1.165) is 39.5 Å². The van der Waals surface area contributed by atoms with Gasteiger partial charge in [0.15, 0.2) is 0 Å². The predicted octanol–water partition coefficient (Wildman–Crippen LogP) is 10.1. The molecule has 0 spiro atoms. The van der Waals surface area contributed by atoms with Crippen molar-refractivity contribution in [1.29, 1.82) is 0 Å². The lowest BCUT2D eigenvalue weighted by Crippen LogP contribution is -2.04. The lowest BCUT2D eigenvalue weighted by atomic mass is 10.0. The van der Waals surface area contributed by atoms with Crippen molar-refractivity contribution in [2.45, 2.75) is 54.4 Å². The smallest absolute Gasteiger partial charge is 0.304 e. The molecule has 0 saturated carbocycles. The number of aliphatic carboxylic acids is 1. The topological polar surface area (TPSA) is 170 Å². The number of rotatable bonds is 8. The normalized spacial score (nSPS) is 13.6. The van der Waals surface area contributed by atoms with Crippen LogP contribution >= 0.6 is 43.6 Å². The number of hydrogen-bond donors (Lipinski definition) is 6. The van der Waals surface area contributed by atoms with Crippen LogP contribution in [0.15, 0.2) is 36.4 Å². The second-order valence-corrected chi connectivity index (χ2v) is 14.3. The Labute approximate surface area is 355 Å². The number of anilines is 3. The first-order valence-corrected chi connectivity index (χ1v) is 20.4. The number of halogens is 5. The number of hydrogen-bond acceptors (Lipinski definition) is 6. The van der Waals surface area contributed by atoms with Gasteiger partial charge in [0.05, 0.1) is 31.8 Å². The summed E-state index contributed by atoms with van der Waals surface area (Å²) in [6.45, 7) is 7.58. The van der Waals surface area contributed by atoms with Crippen molar-refractivity contribution in [2.24, 2.45) is 0 Å². The van der Waals surface area contributed by atoms with Crippen LogP contribution in [0.25, 0.3) is 23.3 Å². The summed E-state index contributed by atoms with van der Waals surface area (Å²) in [5.74, 6) is -1.86. The van der Waals surface area contributed by atoms with Gasteiger partial charge in [-0.1, -0.05) is 39.3 Å². The highest BCUT2D eigenvalue weighted by Crippen LogP contribution is 2.36. The van der Waals surface area contributed by atoms with E-state index in [-0.39, 0.29) is 43.1 Å². The minimum Gasteiger partial charge on any atom is -0.481 e. The minimum absolute atomic E-state index is 0. The highest BCUT2D eigenvalue weighted by atomic mass is 79.9. The summed E-state index contributed by atoms with van der Waals surface area (Å²) in [5, 5.41) is 14.5. The molecule has 6 rings (SSSR count). The molecule has 2 amide bonds. The van der Waals surface area contributed by atoms with Gasteiger partial charge in [0.2, 0.25) is 0 Å². The molecule has 57 heavy (non-hydrogen) atoms. The average Bonchev–Trinajstić information content (AvgIpc) is 3.82. The maximum atomic E-state index is 13.5. The van der Waals surface area contributed by atoms with E-state index in [4.69, 9.17) is 13.6 Å². The number of carbonyl (C=O) groups excluding carboxylic acids is 3. The molecule has 4 heterocycles. The molecular formula is C41H50Br2F3N5O5S. The minimum atomic E-state index is -1.00. The number of aromatic nitrogens is 2. The lowest BCUT2D eigenvalue weighted by Gasteiger charge is -2.01. The summed E-state index contributed by atoms with van der Waals surface area (Å²) in [5.41, 5.74) is 15.8. The number of nitrogen functional groups attached to an aromatic ring is 1. The molecule has 310 valence electrons. The molecule has 4 aromatic rings. The lowest BCUT2D eigenvalue weighted by molar-refractivity contribution is -0.136. The van der Waals surface area contributed by atoms with Crippen molar-refractivity contribution in [3.8, 4) is 0 Å². The Balaban J connectivity index is 0.000000455. The Bertz CT molecular complexity index is 2160. The summed E-state index contributed by atoms with van der Waals surface area (Å²) >= 11 is 7.77. The van der Waals surface area contributed by atoms with Crippen LogP contribution in [0.4, 0.5) is 30.2 Å². The SMILES string of the molecule is C.Cc1[nH]c(/C=C2\C(=O)Nc3ccc(F)cc32)c(C)c1CC(=O)CCBr.Cc1[nH]c(/C=C2\C(=O)Nc3ccc(F)cc32)c(C)c1N.O=C(O)CCBr.[2H]CF.[2H]CSC. The van der Waals surface area contributed by atoms with E-state index in [2.05, 4.69) is 52.5 Å². The molecule has 0 unspecified atom stereocenters. The molecule has 0 aliphatic carbocycles. The van der Waals surface area contributed by atoms with Gasteiger partial charge in [-0.15, -0.1) is 0 Å². The molecule has 0 saturated heterocycles. The Morgan fingerprint density at radius 2 is 1.28 bits per heavy atom. The number of ketones is 1. The fourth-order valence-electron chi connectivity index (χ4n) is 5.53. The third-order valence-corrected chi connectivity index (χ3v) is 9.12. The largest absolute Gasteiger partial charge is 0.481 e. The zero-order valence-electron chi connectivity index (χ0n) is 33.5. The molecule has 10 nitrogen and oxygen atoms in total. The van der Waals surface area contributed by atoms with E-state index in [9.17, 15) is 32.3 Å². The summed E-state index contributed by atoms with van der Waals surface area (Å²) in [6.07, 6.45) is 6.88. The fourth-order valence-corrected chi connectivity index (χ4v) is 6.31. The highest BCUT2D eigenvalue weighted by molar-refractivity contribution is 9.09. The number of fused-ring (bicyclic) bond motifs is 2. The van der Waals surface area contributed by atoms with Crippen LogP contribution in [0.2, 0.25) is 0 Å². The predicted molar refractivity (Wildman–Crippen MR) is 237 cm³/mol. The van der Waals surface area contributed by atoms with Crippen LogP contribution in [0.1, 0.15) is 73.6 Å². The number of alkyl halides is 3. The van der Waals surface area contributed by atoms with Crippen molar-refractivity contribution in [3.05, 3.63) is 98.6 Å². The van der Waals surface area contributed by atoms with Gasteiger partial charge < -0.3 is 31.4 Å². The van der Waals surface area contributed by atoms with Crippen LogP contribution in [-0.2, 0) is 25.6 Å². The molecule has 0 radical (unpaired) electrons. The number of carbonyl (C=O) groups is 4. The van der Waals surface area contributed by atoms with Crippen molar-refractivity contribution < 1.29 is 40.2 Å². The van der Waals surface area contributed by atoms with Gasteiger partial charge >= 0.3 is 5.97 Å². The zero-order chi connectivity index (χ0) is 43.7. The van der Waals surface area contributed by atoms with Crippen LogP contribution < -0.4 is 16.4 Å². The van der Waals surface area contributed by atoms with E-state index in [0.29, 0.717) is 69.1 Å². The third-order valence-electron chi connectivity index (χ3n) is 8.33. The Morgan fingerprint density at radius 1 is 0.842 bits per heavy atom. The van der Waals surface area contributed by atoms with Gasteiger partial charge in [-0.3, -0.25) is 23.6 Å². The summed E-state index contributed by atoms with van der Waals surface area (Å²) < 4.78 is 48.8. The average molecular weight is 944 g/mol. The molecule has 2 aliphatic heterocycles. The summed E-state index contributed by atoms with van der Waals surface area (Å²) in [7, 11) is -1.00. The van der Waals surface area contributed by atoms with Crippen molar-refractivity contribution in [2.75, 3.05) is 46.7 Å². The first kappa shape index (κ1) is 46.8. The fraction of sp³-hybridized carbons (Fsp3) is 0.317. The van der Waals surface area contributed by atoms with Crippen LogP contribution in [-0.4, -0.2) is 68.9 Å². The quantitative estimate of drug-likeness (QED) is 0.0755. The molecule has 7 N–H and O–H groups in total. The molecular weight excluding hydrogens is 891 g/mol. The maximum absolute atomic E-state index is 13.5. The van der Waals surface area contributed by atoms with Crippen molar-refractivity contribution in [3.63, 3.8) is 0 Å². The number of carboxylic acids is 1. The number of H-pyrrole nitrogens is 2. The van der Waals surface area contributed by atoms with Gasteiger partial charge in [0.1, 0.15) is 17.4 Å². The molecule has 0 fully saturated rings. The first-order valence-electron chi connectivity index (χ1n) is 18.2. The Hall–Kier alpha value is -4.54.